The highest BCUT2D eigenvalue weighted by molar-refractivity contribution is 6.14. The fourth-order valence-corrected chi connectivity index (χ4v) is 2.56. The lowest BCUT2D eigenvalue weighted by Gasteiger charge is -2.22. The van der Waals surface area contributed by atoms with E-state index in [4.69, 9.17) is 10.7 Å². The molecule has 7 nitrogen and oxygen atoms in total. The molecule has 1 aromatic heterocycles. The molecular weight excluding hydrogens is 340 g/mol. The summed E-state index contributed by atoms with van der Waals surface area (Å²) >= 11 is 0. The van der Waals surface area contributed by atoms with E-state index < -0.39 is 0 Å². The van der Waals surface area contributed by atoms with Crippen LogP contribution in [0, 0.1) is 23.7 Å². The minimum absolute atomic E-state index is 0.113. The summed E-state index contributed by atoms with van der Waals surface area (Å²) in [5.41, 5.74) is 5.93. The lowest BCUT2D eigenvalue weighted by Crippen LogP contribution is -2.33. The maximum atomic E-state index is 12.9. The first kappa shape index (κ1) is 19.8. The van der Waals surface area contributed by atoms with Gasteiger partial charge in [-0.1, -0.05) is 18.2 Å². The second kappa shape index (κ2) is 9.82. The Morgan fingerprint density at radius 1 is 1.37 bits per heavy atom. The number of aryl methyl sites for hydroxylation is 1. The van der Waals surface area contributed by atoms with E-state index in [1.807, 2.05) is 32.0 Å². The molecule has 0 aliphatic heterocycles. The average molecular weight is 362 g/mol. The Labute approximate surface area is 158 Å². The third-order valence-electron chi connectivity index (χ3n) is 4.06. The van der Waals surface area contributed by atoms with E-state index in [0.29, 0.717) is 36.5 Å². The highest BCUT2D eigenvalue weighted by Gasteiger charge is 2.17. The summed E-state index contributed by atoms with van der Waals surface area (Å²) in [6.45, 7) is 4.81. The van der Waals surface area contributed by atoms with Crippen molar-refractivity contribution in [1.29, 1.82) is 10.7 Å². The fourth-order valence-electron chi connectivity index (χ4n) is 2.56. The second-order valence-corrected chi connectivity index (χ2v) is 5.82. The van der Waals surface area contributed by atoms with E-state index in [2.05, 4.69) is 21.6 Å². The first-order valence-electron chi connectivity index (χ1n) is 8.63. The molecule has 1 aromatic carbocycles. The summed E-state index contributed by atoms with van der Waals surface area (Å²) in [7, 11) is 0. The molecule has 0 bridgehead atoms. The Hall–Kier alpha value is -3.53. The number of aromatic nitrogens is 1. The number of rotatable bonds is 8. The molecule has 1 heterocycles. The molecule has 2 aromatic rings. The number of benzene rings is 1. The van der Waals surface area contributed by atoms with E-state index in [1.54, 1.807) is 23.1 Å². The first-order valence-corrected chi connectivity index (χ1v) is 8.63. The third-order valence-corrected chi connectivity index (χ3v) is 4.06. The van der Waals surface area contributed by atoms with E-state index >= 15 is 0 Å². The van der Waals surface area contributed by atoms with Gasteiger partial charge in [-0.25, -0.2) is 4.98 Å². The first-order chi connectivity index (χ1) is 13.1. The van der Waals surface area contributed by atoms with Crippen molar-refractivity contribution in [2.75, 3.05) is 18.5 Å². The van der Waals surface area contributed by atoms with Gasteiger partial charge in [0, 0.05) is 31.4 Å². The quantitative estimate of drug-likeness (QED) is 0.556. The standard InChI is InChI=1S/C20H22N6O/c1-3-26(13-10-16-9-8-15(2)19(14-22)24-16)20(27)17-6-4-5-7-18(17)25-23-12-11-21/h4-9,11-12,21,25H,3,10,13H2,1-2H3/b21-11?,23-12-. The zero-order valence-electron chi connectivity index (χ0n) is 15.4. The van der Waals surface area contributed by atoms with Gasteiger partial charge in [-0.15, -0.1) is 0 Å². The normalized spacial score (nSPS) is 10.4. The maximum absolute atomic E-state index is 12.9. The molecule has 0 spiro atoms. The minimum Gasteiger partial charge on any atom is -0.338 e. The predicted octanol–water partition coefficient (Wildman–Crippen LogP) is 3.01. The molecule has 2 rings (SSSR count). The topological polar surface area (TPSA) is 105 Å². The Morgan fingerprint density at radius 3 is 2.85 bits per heavy atom. The number of hydrazone groups is 1. The van der Waals surface area contributed by atoms with Crippen molar-refractivity contribution >= 4 is 24.0 Å². The van der Waals surface area contributed by atoms with Gasteiger partial charge in [0.2, 0.25) is 0 Å². The molecule has 0 saturated carbocycles. The third kappa shape index (κ3) is 5.22. The van der Waals surface area contributed by atoms with Gasteiger partial charge in [-0.2, -0.15) is 10.4 Å². The Balaban J connectivity index is 2.13. The van der Waals surface area contributed by atoms with Crippen molar-refractivity contribution in [2.24, 2.45) is 5.10 Å². The fraction of sp³-hybridized carbons (Fsp3) is 0.250. The van der Waals surface area contributed by atoms with Crippen LogP contribution in [0.3, 0.4) is 0 Å². The molecular formula is C20H22N6O. The van der Waals surface area contributed by atoms with Gasteiger partial charge < -0.3 is 10.3 Å². The van der Waals surface area contributed by atoms with Crippen molar-refractivity contribution < 1.29 is 4.79 Å². The zero-order chi connectivity index (χ0) is 19.6. The second-order valence-electron chi connectivity index (χ2n) is 5.82. The van der Waals surface area contributed by atoms with Crippen molar-refractivity contribution in [2.45, 2.75) is 20.3 Å². The van der Waals surface area contributed by atoms with Gasteiger partial charge in [-0.05, 0) is 37.6 Å². The molecule has 7 heteroatoms. The van der Waals surface area contributed by atoms with Crippen LogP contribution in [0.25, 0.3) is 0 Å². The van der Waals surface area contributed by atoms with Gasteiger partial charge in [-0.3, -0.25) is 10.2 Å². The number of hydrogen-bond acceptors (Lipinski definition) is 6. The van der Waals surface area contributed by atoms with E-state index in [1.165, 1.54) is 6.21 Å². The van der Waals surface area contributed by atoms with Gasteiger partial charge in [0.15, 0.2) is 0 Å². The van der Waals surface area contributed by atoms with E-state index in [0.717, 1.165) is 17.5 Å². The smallest absolute Gasteiger partial charge is 0.256 e. The molecule has 2 N–H and O–H groups in total. The van der Waals surface area contributed by atoms with Crippen LogP contribution in [0.4, 0.5) is 5.69 Å². The summed E-state index contributed by atoms with van der Waals surface area (Å²) in [4.78, 5) is 19.0. The summed E-state index contributed by atoms with van der Waals surface area (Å²) < 4.78 is 0. The van der Waals surface area contributed by atoms with Gasteiger partial charge in [0.1, 0.15) is 11.8 Å². The number of carbonyl (C=O) groups is 1. The molecule has 0 saturated heterocycles. The van der Waals surface area contributed by atoms with Crippen LogP contribution in [0.15, 0.2) is 41.5 Å². The number of carbonyl (C=O) groups excluding carboxylic acids is 1. The molecule has 0 radical (unpaired) electrons. The van der Waals surface area contributed by atoms with E-state index in [-0.39, 0.29) is 5.91 Å². The van der Waals surface area contributed by atoms with Gasteiger partial charge >= 0.3 is 0 Å². The van der Waals surface area contributed by atoms with Crippen molar-refractivity contribution in [3.63, 3.8) is 0 Å². The molecule has 0 unspecified atom stereocenters. The molecule has 138 valence electrons. The SMILES string of the molecule is CCN(CCc1ccc(C)c(C#N)n1)C(=O)c1ccccc1N/N=C\C=N. The number of pyridine rings is 1. The molecule has 0 fully saturated rings. The Kier molecular flexibility index (Phi) is 7.20. The molecule has 1 amide bonds. The highest BCUT2D eigenvalue weighted by Crippen LogP contribution is 2.18. The number of para-hydroxylation sites is 1. The van der Waals surface area contributed by atoms with Gasteiger partial charge in [0.25, 0.3) is 5.91 Å². The van der Waals surface area contributed by atoms with Crippen LogP contribution >= 0.6 is 0 Å². The Morgan fingerprint density at radius 2 is 2.15 bits per heavy atom. The number of amides is 1. The van der Waals surface area contributed by atoms with Crippen LogP contribution < -0.4 is 5.43 Å². The van der Waals surface area contributed by atoms with Crippen molar-refractivity contribution in [1.82, 2.24) is 9.88 Å². The minimum atomic E-state index is -0.113. The maximum Gasteiger partial charge on any atom is 0.256 e. The highest BCUT2D eigenvalue weighted by atomic mass is 16.2. The largest absolute Gasteiger partial charge is 0.338 e. The van der Waals surface area contributed by atoms with Crippen LogP contribution in [-0.2, 0) is 6.42 Å². The summed E-state index contributed by atoms with van der Waals surface area (Å²) in [6, 6.07) is 13.0. The van der Waals surface area contributed by atoms with E-state index in [9.17, 15) is 4.79 Å². The monoisotopic (exact) mass is 362 g/mol. The summed E-state index contributed by atoms with van der Waals surface area (Å²) in [6.07, 6.45) is 2.92. The molecule has 0 aliphatic carbocycles. The average Bonchev–Trinajstić information content (AvgIpc) is 2.70. The number of likely N-dealkylation sites (N-methyl/N-ethyl adjacent to an activating group) is 1. The van der Waals surface area contributed by atoms with Crippen molar-refractivity contribution in [3.05, 3.63) is 58.9 Å². The van der Waals surface area contributed by atoms with Crippen LogP contribution in [-0.4, -0.2) is 41.3 Å². The number of anilines is 1. The van der Waals surface area contributed by atoms with Crippen LogP contribution in [0.5, 0.6) is 0 Å². The molecule has 0 aliphatic rings. The zero-order valence-corrected chi connectivity index (χ0v) is 15.4. The molecule has 27 heavy (non-hydrogen) atoms. The number of nitrogens with one attached hydrogen (secondary N) is 2. The lowest BCUT2D eigenvalue weighted by molar-refractivity contribution is 0.0767. The van der Waals surface area contributed by atoms with Crippen molar-refractivity contribution in [3.8, 4) is 6.07 Å². The predicted molar refractivity (Wildman–Crippen MR) is 106 cm³/mol. The van der Waals surface area contributed by atoms with Crippen LogP contribution in [0.2, 0.25) is 0 Å². The summed E-state index contributed by atoms with van der Waals surface area (Å²) in [5, 5.41) is 20.0. The number of nitrogens with zero attached hydrogens (tertiary/aromatic N) is 4. The van der Waals surface area contributed by atoms with Gasteiger partial charge in [0.05, 0.1) is 17.5 Å². The molecule has 0 atom stereocenters. The summed E-state index contributed by atoms with van der Waals surface area (Å²) in [5.74, 6) is -0.113. The Bertz CT molecular complexity index is 884. The lowest BCUT2D eigenvalue weighted by atomic mass is 10.1. The number of nitriles is 1. The van der Waals surface area contributed by atoms with Crippen LogP contribution in [0.1, 0.15) is 34.2 Å². The number of hydrogen-bond donors (Lipinski definition) is 2.